The van der Waals surface area contributed by atoms with Crippen LogP contribution < -0.4 is 16.0 Å². The zero-order valence-electron chi connectivity index (χ0n) is 18.3. The van der Waals surface area contributed by atoms with E-state index in [9.17, 15) is 14.4 Å². The van der Waals surface area contributed by atoms with Crippen LogP contribution in [-0.2, 0) is 0 Å². The molecule has 0 bridgehead atoms. The minimum absolute atomic E-state index is 0.0175. The molecule has 1 N–H and O–H groups in total. The molecular formula is C25H23N3O5. The standard InChI is InChI=1S/C25H23N3O5/c1-15-20(23(29)27-13-12-17(14-27)16-8-10-19(32-2)11-9-16)21-22(33-15)26-25(31)28(24(21)30)18-6-4-3-5-7-18/h3-11,17H,12-14H2,1-2H3,(H,26,31). The number of aryl methyl sites for hydroxylation is 1. The largest absolute Gasteiger partial charge is 0.497 e. The third-order valence-electron chi connectivity index (χ3n) is 6.22. The summed E-state index contributed by atoms with van der Waals surface area (Å²) in [7, 11) is 1.63. The zero-order valence-corrected chi connectivity index (χ0v) is 18.3. The van der Waals surface area contributed by atoms with E-state index in [2.05, 4.69) is 4.98 Å². The van der Waals surface area contributed by atoms with Crippen LogP contribution in [0.5, 0.6) is 5.75 Å². The molecule has 33 heavy (non-hydrogen) atoms. The number of rotatable bonds is 4. The Morgan fingerprint density at radius 3 is 2.52 bits per heavy atom. The van der Waals surface area contributed by atoms with Crippen LogP contribution >= 0.6 is 0 Å². The summed E-state index contributed by atoms with van der Waals surface area (Å²) in [5, 5.41) is 0.0915. The van der Waals surface area contributed by atoms with Gasteiger partial charge in [0.25, 0.3) is 11.5 Å². The van der Waals surface area contributed by atoms with Crippen molar-refractivity contribution >= 4 is 17.0 Å². The fraction of sp³-hybridized carbons (Fsp3) is 0.240. The first-order chi connectivity index (χ1) is 16.0. The third kappa shape index (κ3) is 3.53. The number of nitrogens with zero attached hydrogens (tertiary/aromatic N) is 2. The number of ether oxygens (including phenoxy) is 1. The Kier molecular flexibility index (Phi) is 5.12. The van der Waals surface area contributed by atoms with Gasteiger partial charge in [0.2, 0.25) is 5.71 Å². The van der Waals surface area contributed by atoms with Gasteiger partial charge in [-0.15, -0.1) is 0 Å². The quantitative estimate of drug-likeness (QED) is 0.520. The van der Waals surface area contributed by atoms with Crippen molar-refractivity contribution in [2.24, 2.45) is 0 Å². The van der Waals surface area contributed by atoms with Gasteiger partial charge in [0, 0.05) is 19.0 Å². The lowest BCUT2D eigenvalue weighted by molar-refractivity contribution is 0.0790. The summed E-state index contributed by atoms with van der Waals surface area (Å²) >= 11 is 0. The molecule has 168 valence electrons. The van der Waals surface area contributed by atoms with Crippen LogP contribution in [-0.4, -0.2) is 40.6 Å². The minimum atomic E-state index is -0.618. The number of carbonyl (C=O) groups excluding carboxylic acids is 1. The average molecular weight is 445 g/mol. The smallest absolute Gasteiger partial charge is 0.335 e. The SMILES string of the molecule is COc1ccc(C2CCN(C(=O)c3c(C)oc4[nH]c(=O)n(-c5ccccc5)c(=O)c34)C2)cc1. The summed E-state index contributed by atoms with van der Waals surface area (Å²) in [6.07, 6.45) is 0.817. The predicted octanol–water partition coefficient (Wildman–Crippen LogP) is 3.22. The fourth-order valence-corrected chi connectivity index (χ4v) is 4.51. The number of fused-ring (bicyclic) bond motifs is 1. The molecule has 4 aromatic rings. The second kappa shape index (κ2) is 8.12. The Balaban J connectivity index is 1.52. The Morgan fingerprint density at radius 2 is 1.82 bits per heavy atom. The highest BCUT2D eigenvalue weighted by molar-refractivity contribution is 6.06. The molecule has 1 unspecified atom stereocenters. The molecule has 8 nitrogen and oxygen atoms in total. The number of furan rings is 1. The maximum Gasteiger partial charge on any atom is 0.335 e. The molecule has 1 saturated heterocycles. The molecule has 1 atom stereocenters. The van der Waals surface area contributed by atoms with E-state index in [1.54, 1.807) is 49.3 Å². The molecule has 3 heterocycles. The summed E-state index contributed by atoms with van der Waals surface area (Å²) in [6.45, 7) is 2.74. The van der Waals surface area contributed by atoms with Crippen molar-refractivity contribution in [1.82, 2.24) is 14.5 Å². The first kappa shape index (κ1) is 20.8. The number of carbonyl (C=O) groups is 1. The lowest BCUT2D eigenvalue weighted by Crippen LogP contribution is -2.35. The Bertz CT molecular complexity index is 1450. The number of aromatic amines is 1. The van der Waals surface area contributed by atoms with E-state index in [1.165, 1.54) is 0 Å². The van der Waals surface area contributed by atoms with Crippen LogP contribution in [0.4, 0.5) is 0 Å². The second-order valence-corrected chi connectivity index (χ2v) is 8.15. The molecule has 0 aliphatic carbocycles. The molecule has 8 heteroatoms. The molecule has 1 amide bonds. The number of likely N-dealkylation sites (tertiary alicyclic amines) is 1. The molecule has 1 aliphatic heterocycles. The molecule has 0 radical (unpaired) electrons. The average Bonchev–Trinajstić information content (AvgIpc) is 3.44. The van der Waals surface area contributed by atoms with Gasteiger partial charge in [-0.3, -0.25) is 14.6 Å². The molecular weight excluding hydrogens is 422 g/mol. The number of nitrogens with one attached hydrogen (secondary N) is 1. The van der Waals surface area contributed by atoms with E-state index < -0.39 is 11.2 Å². The van der Waals surface area contributed by atoms with Gasteiger partial charge < -0.3 is 14.1 Å². The Morgan fingerprint density at radius 1 is 1.09 bits per heavy atom. The fourth-order valence-electron chi connectivity index (χ4n) is 4.51. The number of H-pyrrole nitrogens is 1. The first-order valence-corrected chi connectivity index (χ1v) is 10.7. The van der Waals surface area contributed by atoms with Gasteiger partial charge in [-0.05, 0) is 43.2 Å². The normalized spacial score (nSPS) is 15.8. The summed E-state index contributed by atoms with van der Waals surface area (Å²) < 4.78 is 11.9. The maximum atomic E-state index is 13.5. The van der Waals surface area contributed by atoms with Crippen LogP contribution in [0.3, 0.4) is 0 Å². The molecule has 5 rings (SSSR count). The van der Waals surface area contributed by atoms with E-state index in [4.69, 9.17) is 9.15 Å². The van der Waals surface area contributed by atoms with E-state index >= 15 is 0 Å². The topological polar surface area (TPSA) is 97.5 Å². The highest BCUT2D eigenvalue weighted by Crippen LogP contribution is 2.31. The summed E-state index contributed by atoms with van der Waals surface area (Å²) in [5.74, 6) is 1.01. The lowest BCUT2D eigenvalue weighted by atomic mass is 9.98. The van der Waals surface area contributed by atoms with E-state index in [-0.39, 0.29) is 28.5 Å². The van der Waals surface area contributed by atoms with Gasteiger partial charge in [-0.1, -0.05) is 30.3 Å². The number of aromatic nitrogens is 2. The van der Waals surface area contributed by atoms with E-state index in [1.807, 2.05) is 24.3 Å². The lowest BCUT2D eigenvalue weighted by Gasteiger charge is -2.17. The predicted molar refractivity (Wildman–Crippen MR) is 123 cm³/mol. The number of benzene rings is 2. The van der Waals surface area contributed by atoms with E-state index in [0.717, 1.165) is 22.3 Å². The third-order valence-corrected chi connectivity index (χ3v) is 6.22. The number of hydrogen-bond acceptors (Lipinski definition) is 5. The van der Waals surface area contributed by atoms with Gasteiger partial charge in [0.15, 0.2) is 0 Å². The van der Waals surface area contributed by atoms with Gasteiger partial charge in [-0.25, -0.2) is 9.36 Å². The number of hydrogen-bond donors (Lipinski definition) is 1. The van der Waals surface area contributed by atoms with Crippen LogP contribution in [0.1, 0.15) is 34.0 Å². The van der Waals surface area contributed by atoms with E-state index in [0.29, 0.717) is 24.5 Å². The van der Waals surface area contributed by atoms with Gasteiger partial charge in [0.05, 0.1) is 18.4 Å². The zero-order chi connectivity index (χ0) is 23.1. The summed E-state index contributed by atoms with van der Waals surface area (Å²) in [6, 6.07) is 16.5. The molecule has 1 fully saturated rings. The van der Waals surface area contributed by atoms with Crippen LogP contribution in [0.25, 0.3) is 16.8 Å². The van der Waals surface area contributed by atoms with Crippen molar-refractivity contribution in [1.29, 1.82) is 0 Å². The molecule has 1 aliphatic rings. The van der Waals surface area contributed by atoms with Gasteiger partial charge in [0.1, 0.15) is 16.9 Å². The molecule has 0 saturated carbocycles. The second-order valence-electron chi connectivity index (χ2n) is 8.15. The minimum Gasteiger partial charge on any atom is -0.497 e. The number of methoxy groups -OCH3 is 1. The summed E-state index contributed by atoms with van der Waals surface area (Å²) in [5.41, 5.74) is 0.577. The van der Waals surface area contributed by atoms with Crippen molar-refractivity contribution in [3.63, 3.8) is 0 Å². The van der Waals surface area contributed by atoms with Crippen LogP contribution in [0, 0.1) is 6.92 Å². The van der Waals surface area contributed by atoms with Crippen molar-refractivity contribution in [3.05, 3.63) is 92.3 Å². The van der Waals surface area contributed by atoms with Gasteiger partial charge >= 0.3 is 5.69 Å². The Labute approximate surface area is 189 Å². The highest BCUT2D eigenvalue weighted by Gasteiger charge is 2.32. The van der Waals surface area contributed by atoms with Crippen LogP contribution in [0.2, 0.25) is 0 Å². The number of para-hydroxylation sites is 1. The summed E-state index contributed by atoms with van der Waals surface area (Å²) in [4.78, 5) is 43.8. The van der Waals surface area contributed by atoms with Crippen molar-refractivity contribution in [2.75, 3.05) is 20.2 Å². The number of amides is 1. The molecule has 0 spiro atoms. The maximum absolute atomic E-state index is 13.5. The van der Waals surface area contributed by atoms with Crippen molar-refractivity contribution in [3.8, 4) is 11.4 Å². The molecule has 2 aromatic carbocycles. The van der Waals surface area contributed by atoms with Crippen LogP contribution in [0.15, 0.2) is 68.6 Å². The van der Waals surface area contributed by atoms with Crippen molar-refractivity contribution < 1.29 is 13.9 Å². The van der Waals surface area contributed by atoms with Gasteiger partial charge in [-0.2, -0.15) is 0 Å². The highest BCUT2D eigenvalue weighted by atomic mass is 16.5. The van der Waals surface area contributed by atoms with Crippen molar-refractivity contribution in [2.45, 2.75) is 19.3 Å². The first-order valence-electron chi connectivity index (χ1n) is 10.7. The molecule has 2 aromatic heterocycles. The monoisotopic (exact) mass is 445 g/mol. The Hall–Kier alpha value is -4.07.